The van der Waals surface area contributed by atoms with Gasteiger partial charge in [0.1, 0.15) is 7.05 Å². The van der Waals surface area contributed by atoms with Gasteiger partial charge in [0.2, 0.25) is 0 Å². The number of rotatable bonds is 3. The number of likely N-dealkylation sites (tertiary alicyclic amines) is 1. The van der Waals surface area contributed by atoms with Crippen LogP contribution in [-0.2, 0) is 0 Å². The monoisotopic (exact) mass is 308 g/mol. The second kappa shape index (κ2) is 6.86. The minimum atomic E-state index is 1.01. The third-order valence-electron chi connectivity index (χ3n) is 4.42. The fourth-order valence-electron chi connectivity index (χ4n) is 3.08. The Bertz CT molecular complexity index is 684. The largest absolute Gasteiger partial charge is 0.376 e. The number of likely N-dealkylation sites (N-methyl/N-ethyl adjacent to an activating group) is 3. The molecule has 0 saturated carbocycles. The molecule has 3 aliphatic rings. The van der Waals surface area contributed by atoms with Crippen LogP contribution >= 0.6 is 0 Å². The lowest BCUT2D eigenvalue weighted by atomic mass is 10.1. The summed E-state index contributed by atoms with van der Waals surface area (Å²) in [5.74, 6) is 0. The van der Waals surface area contributed by atoms with Crippen LogP contribution in [0.25, 0.3) is 0 Å². The van der Waals surface area contributed by atoms with Gasteiger partial charge in [0.05, 0.1) is 0 Å². The molecule has 3 aliphatic heterocycles. The van der Waals surface area contributed by atoms with Gasteiger partial charge in [-0.05, 0) is 29.5 Å². The van der Waals surface area contributed by atoms with Crippen LogP contribution in [0.2, 0.25) is 0 Å². The van der Waals surface area contributed by atoms with Crippen LogP contribution in [-0.4, -0.2) is 61.4 Å². The second-order valence-electron chi connectivity index (χ2n) is 6.65. The number of allylic oxidation sites excluding steroid dienone is 6. The maximum atomic E-state index is 2.34. The number of hydrogen-bond acceptors (Lipinski definition) is 2. The van der Waals surface area contributed by atoms with E-state index in [0.29, 0.717) is 0 Å². The van der Waals surface area contributed by atoms with E-state index in [1.807, 2.05) is 0 Å². The van der Waals surface area contributed by atoms with Gasteiger partial charge in [-0.1, -0.05) is 24.3 Å². The van der Waals surface area contributed by atoms with E-state index in [1.54, 1.807) is 0 Å². The van der Waals surface area contributed by atoms with Crippen molar-refractivity contribution >= 4 is 6.21 Å². The summed E-state index contributed by atoms with van der Waals surface area (Å²) in [4.78, 5) is 4.54. The van der Waals surface area contributed by atoms with Gasteiger partial charge in [-0.3, -0.25) is 0 Å². The molecular formula is C20H26N3+. The van der Waals surface area contributed by atoms with E-state index < -0.39 is 0 Å². The van der Waals surface area contributed by atoms with Gasteiger partial charge in [0, 0.05) is 51.0 Å². The molecule has 120 valence electrons. The zero-order chi connectivity index (χ0) is 16.2. The highest BCUT2D eigenvalue weighted by atomic mass is 15.1. The van der Waals surface area contributed by atoms with Crippen LogP contribution in [0.5, 0.6) is 0 Å². The zero-order valence-corrected chi connectivity index (χ0v) is 14.4. The first-order chi connectivity index (χ1) is 11.1. The van der Waals surface area contributed by atoms with Crippen molar-refractivity contribution in [2.75, 3.05) is 40.8 Å². The Kier molecular flexibility index (Phi) is 4.65. The van der Waals surface area contributed by atoms with E-state index in [4.69, 9.17) is 0 Å². The van der Waals surface area contributed by atoms with Crippen molar-refractivity contribution in [1.29, 1.82) is 0 Å². The summed E-state index contributed by atoms with van der Waals surface area (Å²) in [6.45, 7) is 3.06. The lowest BCUT2D eigenvalue weighted by molar-refractivity contribution is -0.478. The zero-order valence-electron chi connectivity index (χ0n) is 14.4. The fraction of sp³-hybridized carbons (Fsp3) is 0.350. The topological polar surface area (TPSA) is 9.49 Å². The van der Waals surface area contributed by atoms with Crippen molar-refractivity contribution in [1.82, 2.24) is 9.80 Å². The predicted molar refractivity (Wildman–Crippen MR) is 97.6 cm³/mol. The Morgan fingerprint density at radius 3 is 2.70 bits per heavy atom. The van der Waals surface area contributed by atoms with Crippen LogP contribution in [0.1, 0.15) is 6.42 Å². The van der Waals surface area contributed by atoms with Crippen LogP contribution in [0, 0.1) is 0 Å². The molecule has 0 spiro atoms. The molecule has 0 atom stereocenters. The fourth-order valence-corrected chi connectivity index (χ4v) is 3.08. The lowest BCUT2D eigenvalue weighted by Crippen LogP contribution is -2.10. The average molecular weight is 308 g/mol. The Labute approximate surface area is 139 Å². The van der Waals surface area contributed by atoms with Gasteiger partial charge in [-0.25, -0.2) is 4.58 Å². The standard InChI is InChI=1S/C20H26N3/c1-21-11-9-17(14-21)5-4-6-20-13-19(16-23(20)3)8-7-18-10-12-22(2)15-18/h4-12H,13-16H2,1-3H3/q+1. The molecule has 0 aliphatic carbocycles. The second-order valence-corrected chi connectivity index (χ2v) is 6.65. The molecular weight excluding hydrogens is 282 g/mol. The Morgan fingerprint density at radius 2 is 2.00 bits per heavy atom. The van der Waals surface area contributed by atoms with E-state index in [2.05, 4.69) is 90.5 Å². The predicted octanol–water partition coefficient (Wildman–Crippen LogP) is 2.73. The summed E-state index contributed by atoms with van der Waals surface area (Å²) < 4.78 is 2.19. The van der Waals surface area contributed by atoms with E-state index in [0.717, 1.165) is 26.1 Å². The molecule has 0 unspecified atom stereocenters. The lowest BCUT2D eigenvalue weighted by Gasteiger charge is -2.10. The Balaban J connectivity index is 1.59. The number of hydrogen-bond donors (Lipinski definition) is 0. The van der Waals surface area contributed by atoms with Crippen LogP contribution < -0.4 is 0 Å². The number of nitrogens with zero attached hydrogens (tertiary/aromatic N) is 3. The summed E-state index contributed by atoms with van der Waals surface area (Å²) in [6.07, 6.45) is 20.9. The molecule has 0 aromatic heterocycles. The highest BCUT2D eigenvalue weighted by Crippen LogP contribution is 2.25. The van der Waals surface area contributed by atoms with Gasteiger partial charge >= 0.3 is 0 Å². The van der Waals surface area contributed by atoms with Crippen LogP contribution in [0.15, 0.2) is 71.1 Å². The van der Waals surface area contributed by atoms with Crippen LogP contribution in [0.4, 0.5) is 0 Å². The van der Waals surface area contributed by atoms with Gasteiger partial charge in [0.25, 0.3) is 0 Å². The van der Waals surface area contributed by atoms with Crippen molar-refractivity contribution in [3.8, 4) is 0 Å². The van der Waals surface area contributed by atoms with Gasteiger partial charge in [-0.2, -0.15) is 0 Å². The summed E-state index contributed by atoms with van der Waals surface area (Å²) in [6, 6.07) is 0. The quantitative estimate of drug-likeness (QED) is 0.742. The van der Waals surface area contributed by atoms with Crippen molar-refractivity contribution in [3.05, 3.63) is 71.1 Å². The van der Waals surface area contributed by atoms with Gasteiger partial charge < -0.3 is 9.80 Å². The van der Waals surface area contributed by atoms with Crippen molar-refractivity contribution in [2.24, 2.45) is 0 Å². The summed E-state index contributed by atoms with van der Waals surface area (Å²) in [7, 11) is 6.38. The molecule has 3 rings (SSSR count). The van der Waals surface area contributed by atoms with E-state index in [1.165, 1.54) is 22.4 Å². The first-order valence-electron chi connectivity index (χ1n) is 8.20. The molecule has 0 amide bonds. The maximum Gasteiger partial charge on any atom is 0.168 e. The summed E-state index contributed by atoms with van der Waals surface area (Å²) in [5, 5.41) is 0. The smallest absolute Gasteiger partial charge is 0.168 e. The highest BCUT2D eigenvalue weighted by molar-refractivity contribution is 5.70. The van der Waals surface area contributed by atoms with Gasteiger partial charge in [-0.15, -0.1) is 0 Å². The molecule has 23 heavy (non-hydrogen) atoms. The Hall–Kier alpha value is -2.29. The minimum absolute atomic E-state index is 1.01. The van der Waals surface area contributed by atoms with Crippen molar-refractivity contribution in [3.63, 3.8) is 0 Å². The average Bonchev–Trinajstić information content (AvgIpc) is 3.20. The summed E-state index contributed by atoms with van der Waals surface area (Å²) in [5.41, 5.74) is 5.62. The highest BCUT2D eigenvalue weighted by Gasteiger charge is 2.16. The molecule has 0 aromatic rings. The minimum Gasteiger partial charge on any atom is -0.376 e. The first kappa shape index (κ1) is 15.6. The summed E-state index contributed by atoms with van der Waals surface area (Å²) >= 11 is 0. The third kappa shape index (κ3) is 4.13. The molecule has 3 heterocycles. The molecule has 3 heteroatoms. The molecule has 0 bridgehead atoms. The SMILES string of the molecule is CN1C=CC(=CC=C2CC(=CC=CC3=CC=[N+](C)C3)N(C)C2)C1. The van der Waals surface area contributed by atoms with Gasteiger partial charge in [0.15, 0.2) is 12.8 Å². The van der Waals surface area contributed by atoms with Crippen molar-refractivity contribution < 1.29 is 4.58 Å². The molecule has 0 radical (unpaired) electrons. The Morgan fingerprint density at radius 1 is 1.13 bits per heavy atom. The molecule has 0 aromatic carbocycles. The molecule has 1 fully saturated rings. The van der Waals surface area contributed by atoms with Crippen molar-refractivity contribution in [2.45, 2.75) is 6.42 Å². The van der Waals surface area contributed by atoms with E-state index in [9.17, 15) is 0 Å². The third-order valence-corrected chi connectivity index (χ3v) is 4.42. The van der Waals surface area contributed by atoms with Crippen LogP contribution in [0.3, 0.4) is 0 Å². The van der Waals surface area contributed by atoms with E-state index >= 15 is 0 Å². The first-order valence-corrected chi connectivity index (χ1v) is 8.20. The van der Waals surface area contributed by atoms with E-state index in [-0.39, 0.29) is 0 Å². The normalized spacial score (nSPS) is 26.5. The molecule has 1 saturated heterocycles. The molecule has 0 N–H and O–H groups in total. The molecule has 3 nitrogen and oxygen atoms in total. The maximum absolute atomic E-state index is 2.34.